The Bertz CT molecular complexity index is 309. The van der Waals surface area contributed by atoms with Crippen LogP contribution in [0.25, 0.3) is 0 Å². The third-order valence-corrected chi connectivity index (χ3v) is 4.82. The molecule has 0 nitrogen and oxygen atoms in total. The molecule has 0 aromatic rings. The molecule has 0 N–H and O–H groups in total. The summed E-state index contributed by atoms with van der Waals surface area (Å²) in [6, 6.07) is 0. The van der Waals surface area contributed by atoms with Gasteiger partial charge in [0.25, 0.3) is 0 Å². The summed E-state index contributed by atoms with van der Waals surface area (Å²) in [5.41, 5.74) is 0. The SMILES string of the molecule is CC(C)CC(C#CC1CCCC1)C1CC1C(C)C. The molecule has 2 fully saturated rings. The molecular weight excluding hydrogens is 216 g/mol. The van der Waals surface area contributed by atoms with Crippen molar-refractivity contribution in [3.8, 4) is 11.8 Å². The maximum absolute atomic E-state index is 3.69. The smallest absolute Gasteiger partial charge is 0.0236 e. The number of rotatable bonds is 4. The molecule has 2 saturated carbocycles. The van der Waals surface area contributed by atoms with Crippen LogP contribution in [-0.4, -0.2) is 0 Å². The van der Waals surface area contributed by atoms with E-state index in [0.717, 1.165) is 29.6 Å². The van der Waals surface area contributed by atoms with E-state index in [1.54, 1.807) is 0 Å². The Kier molecular flexibility index (Phi) is 4.77. The van der Waals surface area contributed by atoms with Gasteiger partial charge >= 0.3 is 0 Å². The average Bonchev–Trinajstić information content (AvgIpc) is 2.93. The van der Waals surface area contributed by atoms with E-state index in [9.17, 15) is 0 Å². The Morgan fingerprint density at radius 2 is 1.67 bits per heavy atom. The first-order valence-electron chi connectivity index (χ1n) is 8.09. The Labute approximate surface area is 114 Å². The monoisotopic (exact) mass is 246 g/mol. The van der Waals surface area contributed by atoms with Crippen LogP contribution in [0.1, 0.15) is 66.2 Å². The molecule has 2 aliphatic rings. The van der Waals surface area contributed by atoms with Crippen molar-refractivity contribution in [1.29, 1.82) is 0 Å². The molecule has 0 amide bonds. The van der Waals surface area contributed by atoms with Gasteiger partial charge in [0.15, 0.2) is 0 Å². The second kappa shape index (κ2) is 6.14. The normalized spacial score (nSPS) is 29.4. The summed E-state index contributed by atoms with van der Waals surface area (Å²) in [5.74, 6) is 12.3. The van der Waals surface area contributed by atoms with Crippen molar-refractivity contribution < 1.29 is 0 Å². The minimum atomic E-state index is 0.693. The van der Waals surface area contributed by atoms with Crippen LogP contribution in [0.5, 0.6) is 0 Å². The molecule has 3 unspecified atom stereocenters. The molecule has 18 heavy (non-hydrogen) atoms. The Morgan fingerprint density at radius 1 is 1.00 bits per heavy atom. The summed E-state index contributed by atoms with van der Waals surface area (Å²) < 4.78 is 0. The van der Waals surface area contributed by atoms with Crippen LogP contribution >= 0.6 is 0 Å². The highest BCUT2D eigenvalue weighted by molar-refractivity contribution is 5.13. The third-order valence-electron chi connectivity index (χ3n) is 4.82. The maximum Gasteiger partial charge on any atom is 0.0236 e. The molecule has 0 spiro atoms. The van der Waals surface area contributed by atoms with Crippen LogP contribution in [0, 0.1) is 47.3 Å². The second-order valence-corrected chi connectivity index (χ2v) is 7.31. The molecule has 0 heteroatoms. The highest BCUT2D eigenvalue weighted by atomic mass is 14.5. The van der Waals surface area contributed by atoms with Crippen LogP contribution in [0.4, 0.5) is 0 Å². The molecule has 0 aromatic carbocycles. The van der Waals surface area contributed by atoms with Gasteiger partial charge < -0.3 is 0 Å². The van der Waals surface area contributed by atoms with Crippen molar-refractivity contribution in [2.24, 2.45) is 35.5 Å². The van der Waals surface area contributed by atoms with Gasteiger partial charge in [-0.25, -0.2) is 0 Å². The van der Waals surface area contributed by atoms with E-state index in [4.69, 9.17) is 0 Å². The summed E-state index contributed by atoms with van der Waals surface area (Å²) in [5, 5.41) is 0. The van der Waals surface area contributed by atoms with Crippen LogP contribution in [0.2, 0.25) is 0 Å². The summed E-state index contributed by atoms with van der Waals surface area (Å²) in [6.45, 7) is 9.44. The first-order chi connectivity index (χ1) is 8.58. The number of hydrogen-bond donors (Lipinski definition) is 0. The van der Waals surface area contributed by atoms with Gasteiger partial charge in [0.1, 0.15) is 0 Å². The van der Waals surface area contributed by atoms with Crippen molar-refractivity contribution in [3.63, 3.8) is 0 Å². The van der Waals surface area contributed by atoms with Crippen molar-refractivity contribution in [2.45, 2.75) is 66.2 Å². The topological polar surface area (TPSA) is 0 Å². The Morgan fingerprint density at radius 3 is 2.17 bits per heavy atom. The fraction of sp³-hybridized carbons (Fsp3) is 0.889. The lowest BCUT2D eigenvalue weighted by molar-refractivity contribution is 0.400. The molecule has 0 aromatic heterocycles. The quantitative estimate of drug-likeness (QED) is 0.603. The van der Waals surface area contributed by atoms with Gasteiger partial charge in [0.2, 0.25) is 0 Å². The predicted molar refractivity (Wildman–Crippen MR) is 79.1 cm³/mol. The largest absolute Gasteiger partial charge is 0.0996 e. The standard InChI is InChI=1S/C18H30/c1-13(2)11-16(18-12-17(18)14(3)4)10-9-15-7-5-6-8-15/h13-18H,5-8,11-12H2,1-4H3. The zero-order valence-electron chi connectivity index (χ0n) is 12.7. The van der Waals surface area contributed by atoms with E-state index >= 15 is 0 Å². The van der Waals surface area contributed by atoms with Gasteiger partial charge in [-0.15, -0.1) is 0 Å². The van der Waals surface area contributed by atoms with Gasteiger partial charge in [-0.05, 0) is 49.4 Å². The average molecular weight is 246 g/mol. The lowest BCUT2D eigenvalue weighted by atomic mass is 9.90. The zero-order chi connectivity index (χ0) is 13.1. The van der Waals surface area contributed by atoms with E-state index < -0.39 is 0 Å². The summed E-state index contributed by atoms with van der Waals surface area (Å²) in [6.07, 6.45) is 8.29. The molecule has 0 heterocycles. The highest BCUT2D eigenvalue weighted by Crippen LogP contribution is 2.50. The van der Waals surface area contributed by atoms with Crippen molar-refractivity contribution in [2.75, 3.05) is 0 Å². The third kappa shape index (κ3) is 3.78. The van der Waals surface area contributed by atoms with Crippen molar-refractivity contribution in [3.05, 3.63) is 0 Å². The predicted octanol–water partition coefficient (Wildman–Crippen LogP) is 5.13. The van der Waals surface area contributed by atoms with Crippen LogP contribution in [0.15, 0.2) is 0 Å². The lowest BCUT2D eigenvalue weighted by Crippen LogP contribution is -2.08. The molecule has 0 bridgehead atoms. The van der Waals surface area contributed by atoms with E-state index in [0.29, 0.717) is 5.92 Å². The molecule has 0 radical (unpaired) electrons. The van der Waals surface area contributed by atoms with E-state index in [1.165, 1.54) is 38.5 Å². The lowest BCUT2D eigenvalue weighted by Gasteiger charge is -2.14. The Hall–Kier alpha value is -0.440. The minimum Gasteiger partial charge on any atom is -0.0996 e. The molecule has 0 aliphatic heterocycles. The summed E-state index contributed by atoms with van der Waals surface area (Å²) >= 11 is 0. The summed E-state index contributed by atoms with van der Waals surface area (Å²) in [4.78, 5) is 0. The van der Waals surface area contributed by atoms with Crippen LogP contribution in [-0.2, 0) is 0 Å². The van der Waals surface area contributed by atoms with Gasteiger partial charge in [-0.2, -0.15) is 0 Å². The van der Waals surface area contributed by atoms with Gasteiger partial charge in [0, 0.05) is 11.8 Å². The molecule has 0 saturated heterocycles. The second-order valence-electron chi connectivity index (χ2n) is 7.31. The number of hydrogen-bond acceptors (Lipinski definition) is 0. The van der Waals surface area contributed by atoms with Crippen molar-refractivity contribution >= 4 is 0 Å². The fourth-order valence-corrected chi connectivity index (χ4v) is 3.61. The molecule has 3 atom stereocenters. The minimum absolute atomic E-state index is 0.693. The highest BCUT2D eigenvalue weighted by Gasteiger charge is 2.43. The van der Waals surface area contributed by atoms with Gasteiger partial charge in [0.05, 0.1) is 0 Å². The first-order valence-corrected chi connectivity index (χ1v) is 8.09. The fourth-order valence-electron chi connectivity index (χ4n) is 3.61. The van der Waals surface area contributed by atoms with Crippen LogP contribution in [0.3, 0.4) is 0 Å². The van der Waals surface area contributed by atoms with Gasteiger partial charge in [-0.1, -0.05) is 52.4 Å². The summed E-state index contributed by atoms with van der Waals surface area (Å²) in [7, 11) is 0. The van der Waals surface area contributed by atoms with E-state index in [-0.39, 0.29) is 0 Å². The molecule has 102 valence electrons. The van der Waals surface area contributed by atoms with Gasteiger partial charge in [-0.3, -0.25) is 0 Å². The molecular formula is C18H30. The van der Waals surface area contributed by atoms with E-state index in [1.807, 2.05) is 0 Å². The Balaban J connectivity index is 1.93. The maximum atomic E-state index is 3.69. The van der Waals surface area contributed by atoms with Crippen molar-refractivity contribution in [1.82, 2.24) is 0 Å². The zero-order valence-corrected chi connectivity index (χ0v) is 12.7. The first kappa shape index (κ1) is 14.0. The molecule has 2 aliphatic carbocycles. The molecule has 2 rings (SSSR count). The van der Waals surface area contributed by atoms with Crippen LogP contribution < -0.4 is 0 Å². The van der Waals surface area contributed by atoms with E-state index in [2.05, 4.69) is 39.5 Å².